The van der Waals surface area contributed by atoms with Crippen LogP contribution in [0.25, 0.3) is 0 Å². The Morgan fingerprint density at radius 1 is 1.23 bits per heavy atom. The number of benzene rings is 1. The summed E-state index contributed by atoms with van der Waals surface area (Å²) in [5.74, 6) is 0.744. The van der Waals surface area contributed by atoms with Gasteiger partial charge >= 0.3 is 0 Å². The van der Waals surface area contributed by atoms with Crippen molar-refractivity contribution >= 4 is 5.91 Å². The van der Waals surface area contributed by atoms with Gasteiger partial charge in [0.2, 0.25) is 5.91 Å². The zero-order valence-corrected chi connectivity index (χ0v) is 26.6. The summed E-state index contributed by atoms with van der Waals surface area (Å²) < 4.78 is 17.0. The van der Waals surface area contributed by atoms with Crippen LogP contribution in [0, 0.1) is 5.41 Å². The van der Waals surface area contributed by atoms with E-state index in [0.29, 0.717) is 50.8 Å². The van der Waals surface area contributed by atoms with Crippen molar-refractivity contribution in [2.24, 2.45) is 5.41 Å². The molecule has 2 aliphatic carbocycles. The maximum absolute atomic E-state index is 13.4. The van der Waals surface area contributed by atoms with Crippen LogP contribution in [-0.2, 0) is 27.2 Å². The lowest BCUT2D eigenvalue weighted by Crippen LogP contribution is -2.71. The van der Waals surface area contributed by atoms with Gasteiger partial charge in [-0.05, 0) is 74.8 Å². The Kier molecular flexibility index (Phi) is 10.4. The molecule has 3 aliphatic heterocycles. The molecular formula is C32H53N7O5. The van der Waals surface area contributed by atoms with Crippen molar-refractivity contribution in [1.82, 2.24) is 36.8 Å². The van der Waals surface area contributed by atoms with Crippen LogP contribution in [0.15, 0.2) is 18.2 Å². The van der Waals surface area contributed by atoms with Gasteiger partial charge in [0, 0.05) is 51.3 Å². The number of fused-ring (bicyclic) bond motifs is 1. The van der Waals surface area contributed by atoms with Crippen LogP contribution in [0.4, 0.5) is 0 Å². The first kappa shape index (κ1) is 32.1. The standard InChI is InChI=1S/C32H53N7O5/c1-20-28(44-19-35-20)18-43-24-6-5-21-12-25(33-16-22(21)11-24)27(40)17-34-30(41)26-13-29(36-23-14-32(15-23)7-4-8-32)38-31(37-26)39(2)9-10-42-3/h5-6,11,20,23,25-29,31,33,35-38,40H,4,7-10,12-19H2,1-3H3,(H,34,41)/t20?,25-,26?,27+,28?,29?,31?/m0/s1. The van der Waals surface area contributed by atoms with Gasteiger partial charge in [0.05, 0.1) is 31.6 Å². The topological polar surface area (TPSA) is 140 Å². The highest BCUT2D eigenvalue weighted by Gasteiger charge is 2.49. The first-order valence-electron chi connectivity index (χ1n) is 16.6. The van der Waals surface area contributed by atoms with Gasteiger partial charge in [0.25, 0.3) is 0 Å². The number of hydrogen-bond donors (Lipinski definition) is 7. The molecule has 3 heterocycles. The number of carbonyl (C=O) groups is 1. The van der Waals surface area contributed by atoms with Crippen LogP contribution in [0.2, 0.25) is 0 Å². The number of ether oxygens (including phenoxy) is 3. The van der Waals surface area contributed by atoms with Crippen LogP contribution in [-0.4, -0.2) is 112 Å². The minimum absolute atomic E-state index is 0.0329. The van der Waals surface area contributed by atoms with Crippen LogP contribution in [0.1, 0.15) is 56.6 Å². The molecular weight excluding hydrogens is 562 g/mol. The lowest BCUT2D eigenvalue weighted by molar-refractivity contribution is -0.126. The van der Waals surface area contributed by atoms with Gasteiger partial charge in [0.1, 0.15) is 24.8 Å². The number of methoxy groups -OCH3 is 1. The van der Waals surface area contributed by atoms with Gasteiger partial charge in [-0.1, -0.05) is 12.5 Å². The van der Waals surface area contributed by atoms with E-state index in [-0.39, 0.29) is 49.1 Å². The summed E-state index contributed by atoms with van der Waals surface area (Å²) in [4.78, 5) is 15.6. The van der Waals surface area contributed by atoms with Crippen molar-refractivity contribution in [3.05, 3.63) is 29.3 Å². The summed E-state index contributed by atoms with van der Waals surface area (Å²) in [6, 6.07) is 6.41. The molecule has 1 spiro atoms. The molecule has 1 aromatic carbocycles. The molecule has 246 valence electrons. The number of aliphatic hydroxyl groups excluding tert-OH is 1. The molecule has 12 nitrogen and oxygen atoms in total. The minimum Gasteiger partial charge on any atom is -0.491 e. The van der Waals surface area contributed by atoms with E-state index in [1.165, 1.54) is 43.2 Å². The van der Waals surface area contributed by atoms with Crippen LogP contribution in [0.3, 0.4) is 0 Å². The molecule has 1 amide bonds. The third-order valence-corrected chi connectivity index (χ3v) is 10.6. The van der Waals surface area contributed by atoms with E-state index in [1.807, 2.05) is 13.1 Å². The molecule has 44 heavy (non-hydrogen) atoms. The number of hydrogen-bond acceptors (Lipinski definition) is 11. The van der Waals surface area contributed by atoms with Gasteiger partial charge in [0.15, 0.2) is 0 Å². The number of rotatable bonds is 13. The molecule has 0 radical (unpaired) electrons. The largest absolute Gasteiger partial charge is 0.491 e. The summed E-state index contributed by atoms with van der Waals surface area (Å²) in [5, 5.41) is 31.8. The lowest BCUT2D eigenvalue weighted by Gasteiger charge is -2.55. The predicted molar refractivity (Wildman–Crippen MR) is 167 cm³/mol. The van der Waals surface area contributed by atoms with Crippen molar-refractivity contribution < 1.29 is 24.1 Å². The van der Waals surface area contributed by atoms with E-state index in [1.54, 1.807) is 7.11 Å². The molecule has 0 aromatic heterocycles. The Balaban J connectivity index is 0.982. The molecule has 1 aromatic rings. The highest BCUT2D eigenvalue weighted by atomic mass is 16.5. The first-order chi connectivity index (χ1) is 21.3. The Morgan fingerprint density at radius 3 is 2.80 bits per heavy atom. The van der Waals surface area contributed by atoms with Crippen LogP contribution in [0.5, 0.6) is 5.75 Å². The Bertz CT molecular complexity index is 1110. The highest BCUT2D eigenvalue weighted by Crippen LogP contribution is 2.55. The summed E-state index contributed by atoms with van der Waals surface area (Å²) in [6.07, 6.45) is 7.12. The SMILES string of the molecule is COCCN(C)C1NC(NC2CC3(CCC3)C2)CC(C(=O)NC[C@@H](O)[C@@H]2Cc3ccc(OCC4OCNC4C)cc3CN2)N1. The van der Waals surface area contributed by atoms with Crippen molar-refractivity contribution in [3.63, 3.8) is 0 Å². The normalized spacial score (nSPS) is 32.1. The van der Waals surface area contributed by atoms with Crippen LogP contribution < -0.4 is 36.6 Å². The maximum Gasteiger partial charge on any atom is 0.237 e. The number of aliphatic hydroxyl groups is 1. The first-order valence-corrected chi connectivity index (χ1v) is 16.6. The van der Waals surface area contributed by atoms with E-state index < -0.39 is 6.10 Å². The monoisotopic (exact) mass is 615 g/mol. The average Bonchev–Trinajstić information content (AvgIpc) is 3.41. The maximum atomic E-state index is 13.4. The fourth-order valence-corrected chi connectivity index (χ4v) is 7.47. The fourth-order valence-electron chi connectivity index (χ4n) is 7.47. The third kappa shape index (κ3) is 7.56. The minimum atomic E-state index is -0.707. The van der Waals surface area contributed by atoms with Crippen molar-refractivity contribution in [3.8, 4) is 5.75 Å². The summed E-state index contributed by atoms with van der Waals surface area (Å²) in [5.41, 5.74) is 2.95. The average molecular weight is 616 g/mol. The molecule has 2 saturated heterocycles. The number of amides is 1. The molecule has 0 bridgehead atoms. The van der Waals surface area contributed by atoms with E-state index in [0.717, 1.165) is 12.3 Å². The number of nitrogens with zero attached hydrogens (tertiary/aromatic N) is 1. The third-order valence-electron chi connectivity index (χ3n) is 10.6. The van der Waals surface area contributed by atoms with Crippen molar-refractivity contribution in [2.75, 3.05) is 47.2 Å². The molecule has 2 saturated carbocycles. The molecule has 7 N–H and O–H groups in total. The number of carbonyl (C=O) groups excluding carboxylic acids is 1. The summed E-state index contributed by atoms with van der Waals surface area (Å²) in [7, 11) is 3.73. The predicted octanol–water partition coefficient (Wildman–Crippen LogP) is -0.0471. The van der Waals surface area contributed by atoms with Crippen LogP contribution >= 0.6 is 0 Å². The van der Waals surface area contributed by atoms with E-state index in [2.05, 4.69) is 55.9 Å². The lowest BCUT2D eigenvalue weighted by atomic mass is 9.54. The zero-order valence-electron chi connectivity index (χ0n) is 26.6. The number of likely N-dealkylation sites (N-methyl/N-ethyl adjacent to an activating group) is 1. The molecule has 5 unspecified atom stereocenters. The van der Waals surface area contributed by atoms with Gasteiger partial charge < -0.3 is 30.0 Å². The van der Waals surface area contributed by atoms with E-state index >= 15 is 0 Å². The van der Waals surface area contributed by atoms with E-state index in [9.17, 15) is 9.90 Å². The molecule has 12 heteroatoms. The smallest absolute Gasteiger partial charge is 0.237 e. The number of nitrogens with one attached hydrogen (secondary N) is 6. The fraction of sp³-hybridized carbons (Fsp3) is 0.781. The molecule has 6 rings (SSSR count). The Hall–Kier alpha value is -1.87. The molecule has 5 aliphatic rings. The second-order valence-electron chi connectivity index (χ2n) is 13.8. The Morgan fingerprint density at radius 2 is 2.07 bits per heavy atom. The van der Waals surface area contributed by atoms with Crippen molar-refractivity contribution in [2.45, 2.75) is 107 Å². The quantitative estimate of drug-likeness (QED) is 0.161. The molecule has 4 fully saturated rings. The highest BCUT2D eigenvalue weighted by molar-refractivity contribution is 5.82. The summed E-state index contributed by atoms with van der Waals surface area (Å²) in [6.45, 7) is 5.36. The Labute approximate surface area is 261 Å². The summed E-state index contributed by atoms with van der Waals surface area (Å²) >= 11 is 0. The van der Waals surface area contributed by atoms with Gasteiger partial charge in [-0.15, -0.1) is 0 Å². The second-order valence-corrected chi connectivity index (χ2v) is 13.8. The van der Waals surface area contributed by atoms with Crippen molar-refractivity contribution in [1.29, 1.82) is 0 Å². The molecule has 7 atom stereocenters. The van der Waals surface area contributed by atoms with Gasteiger partial charge in [-0.3, -0.25) is 31.0 Å². The van der Waals surface area contributed by atoms with Gasteiger partial charge in [-0.2, -0.15) is 0 Å². The second kappa shape index (κ2) is 14.3. The zero-order chi connectivity index (χ0) is 30.7. The van der Waals surface area contributed by atoms with Gasteiger partial charge in [-0.25, -0.2) is 0 Å². The van der Waals surface area contributed by atoms with E-state index in [4.69, 9.17) is 14.2 Å².